The van der Waals surface area contributed by atoms with Crippen LogP contribution in [-0.4, -0.2) is 49.7 Å². The number of aromatic nitrogens is 3. The number of carbonyl (C=O) groups excluding carboxylic acids is 1. The van der Waals surface area contributed by atoms with E-state index in [1.54, 1.807) is 30.4 Å². The molecular formula is C35H41FN6O3. The number of aryl methyl sites for hydroxylation is 1. The Hall–Kier alpha value is -4.28. The van der Waals surface area contributed by atoms with Gasteiger partial charge in [0.05, 0.1) is 12.3 Å². The number of amides is 1. The third kappa shape index (κ3) is 5.80. The maximum Gasteiger partial charge on any atom is 0.274 e. The van der Waals surface area contributed by atoms with E-state index in [4.69, 9.17) is 0 Å². The summed E-state index contributed by atoms with van der Waals surface area (Å²) in [6.07, 6.45) is 5.22. The molecule has 1 aliphatic carbocycles. The van der Waals surface area contributed by atoms with Crippen molar-refractivity contribution in [1.82, 2.24) is 19.0 Å². The predicted molar refractivity (Wildman–Crippen MR) is 174 cm³/mol. The number of hydrogen-bond acceptors (Lipinski definition) is 6. The first-order chi connectivity index (χ1) is 21.3. The molecule has 0 spiro atoms. The molecule has 0 saturated heterocycles. The molecule has 1 amide bonds. The average Bonchev–Trinajstić information content (AvgIpc) is 3.48. The third-order valence-electron chi connectivity index (χ3n) is 9.16. The van der Waals surface area contributed by atoms with Gasteiger partial charge in [-0.15, -0.1) is 0 Å². The molecule has 2 aliphatic rings. The Labute approximate surface area is 262 Å². The second kappa shape index (κ2) is 11.6. The largest absolute Gasteiger partial charge is 0.392 e. The average molecular weight is 613 g/mol. The van der Waals surface area contributed by atoms with Crippen LogP contribution in [-0.2, 0) is 39.6 Å². The number of carbonyl (C=O) groups is 1. The molecular weight excluding hydrogens is 571 g/mol. The number of fused-ring (bicyclic) bond motifs is 3. The third-order valence-corrected chi connectivity index (χ3v) is 9.16. The molecule has 236 valence electrons. The summed E-state index contributed by atoms with van der Waals surface area (Å²) in [4.78, 5) is 35.2. The van der Waals surface area contributed by atoms with E-state index in [-0.39, 0.29) is 22.6 Å². The molecule has 2 N–H and O–H groups in total. The molecule has 45 heavy (non-hydrogen) atoms. The SMILES string of the molecule is CC(C)N(C)Cc1ccc(Nc2cc(-c3cc(F)cc(N4CCn5c(cc6c5CC(C)(C)C6)C4=O)c3CO)cn(C)c2=O)nc1. The van der Waals surface area contributed by atoms with Crippen molar-refractivity contribution in [2.24, 2.45) is 12.5 Å². The van der Waals surface area contributed by atoms with Crippen molar-refractivity contribution in [2.45, 2.75) is 66.3 Å². The van der Waals surface area contributed by atoms with Crippen LogP contribution in [0, 0.1) is 11.2 Å². The van der Waals surface area contributed by atoms with Crippen molar-refractivity contribution in [3.05, 3.63) is 93.0 Å². The Morgan fingerprint density at radius 1 is 1.11 bits per heavy atom. The summed E-state index contributed by atoms with van der Waals surface area (Å²) in [6, 6.07) is 10.4. The number of rotatable bonds is 8. The second-order valence-electron chi connectivity index (χ2n) is 13.5. The zero-order valence-corrected chi connectivity index (χ0v) is 26.8. The van der Waals surface area contributed by atoms with Gasteiger partial charge in [-0.2, -0.15) is 0 Å². The van der Waals surface area contributed by atoms with Crippen LogP contribution >= 0.6 is 0 Å². The van der Waals surface area contributed by atoms with Gasteiger partial charge in [0.1, 0.15) is 23.0 Å². The smallest absolute Gasteiger partial charge is 0.274 e. The zero-order chi connectivity index (χ0) is 32.2. The second-order valence-corrected chi connectivity index (χ2v) is 13.5. The Balaban J connectivity index is 1.33. The monoisotopic (exact) mass is 612 g/mol. The van der Waals surface area contributed by atoms with Crippen molar-refractivity contribution in [1.29, 1.82) is 0 Å². The lowest BCUT2D eigenvalue weighted by molar-refractivity contribution is 0.0963. The highest BCUT2D eigenvalue weighted by atomic mass is 19.1. The van der Waals surface area contributed by atoms with Gasteiger partial charge in [-0.25, -0.2) is 9.37 Å². The van der Waals surface area contributed by atoms with Crippen LogP contribution in [0.15, 0.2) is 53.6 Å². The van der Waals surface area contributed by atoms with E-state index < -0.39 is 12.4 Å². The topological polar surface area (TPSA) is 95.6 Å². The minimum Gasteiger partial charge on any atom is -0.392 e. The quantitative estimate of drug-likeness (QED) is 0.282. The number of aliphatic hydroxyl groups is 1. The standard InChI is InChI=1S/C35H41FN6O3/c1-21(2)39(5)18-22-7-8-32(37-17-22)38-28-11-24(19-40(6)33(28)44)26-13-25(36)14-29(27(26)20-43)42-10-9-41-30(34(42)45)12-23-15-35(3,4)16-31(23)41/h7-8,11-14,17,19,21,43H,9-10,15-16,18,20H2,1-6H3,(H,37,38). The van der Waals surface area contributed by atoms with E-state index in [0.717, 1.165) is 24.9 Å². The summed E-state index contributed by atoms with van der Waals surface area (Å²) in [5.74, 6) is -0.251. The van der Waals surface area contributed by atoms with Crippen LogP contribution < -0.4 is 15.8 Å². The lowest BCUT2D eigenvalue weighted by Crippen LogP contribution is -2.41. The molecule has 3 aromatic heterocycles. The normalized spacial score (nSPS) is 15.6. The summed E-state index contributed by atoms with van der Waals surface area (Å²) < 4.78 is 18.8. The maximum absolute atomic E-state index is 15.3. The van der Waals surface area contributed by atoms with Crippen LogP contribution in [0.1, 0.15) is 60.6 Å². The first kappa shape index (κ1) is 30.7. The van der Waals surface area contributed by atoms with Crippen LogP contribution in [0.25, 0.3) is 11.1 Å². The first-order valence-corrected chi connectivity index (χ1v) is 15.4. The lowest BCUT2D eigenvalue weighted by Gasteiger charge is -2.32. The molecule has 10 heteroatoms. The van der Waals surface area contributed by atoms with Gasteiger partial charge in [0.2, 0.25) is 0 Å². The summed E-state index contributed by atoms with van der Waals surface area (Å²) in [6.45, 7) is 10.0. The Bertz CT molecular complexity index is 1840. The van der Waals surface area contributed by atoms with Crippen molar-refractivity contribution in [3.63, 3.8) is 0 Å². The van der Waals surface area contributed by atoms with Gasteiger partial charge in [-0.1, -0.05) is 19.9 Å². The molecule has 4 aromatic rings. The molecule has 1 aromatic carbocycles. The van der Waals surface area contributed by atoms with Crippen LogP contribution in [0.5, 0.6) is 0 Å². The van der Waals surface area contributed by atoms with E-state index in [1.807, 2.05) is 18.2 Å². The fourth-order valence-electron chi connectivity index (χ4n) is 6.58. The predicted octanol–water partition coefficient (Wildman–Crippen LogP) is 5.25. The molecule has 0 radical (unpaired) electrons. The van der Waals surface area contributed by atoms with Gasteiger partial charge >= 0.3 is 0 Å². The Kier molecular flexibility index (Phi) is 7.91. The molecule has 0 bridgehead atoms. The van der Waals surface area contributed by atoms with E-state index in [2.05, 4.69) is 54.5 Å². The highest BCUT2D eigenvalue weighted by Crippen LogP contribution is 2.41. The maximum atomic E-state index is 15.3. The fraction of sp³-hybridized carbons (Fsp3) is 0.400. The van der Waals surface area contributed by atoms with Crippen molar-refractivity contribution < 1.29 is 14.3 Å². The van der Waals surface area contributed by atoms with Crippen LogP contribution in [0.2, 0.25) is 0 Å². The Morgan fingerprint density at radius 2 is 1.89 bits per heavy atom. The molecule has 4 heterocycles. The van der Waals surface area contributed by atoms with Crippen LogP contribution in [0.3, 0.4) is 0 Å². The van der Waals surface area contributed by atoms with Gasteiger partial charge < -0.3 is 24.5 Å². The van der Waals surface area contributed by atoms with E-state index in [1.165, 1.54) is 28.0 Å². The fourth-order valence-corrected chi connectivity index (χ4v) is 6.58. The molecule has 1 aliphatic heterocycles. The first-order valence-electron chi connectivity index (χ1n) is 15.4. The van der Waals surface area contributed by atoms with Crippen molar-refractivity contribution in [2.75, 3.05) is 23.8 Å². The number of benzene rings is 1. The number of hydrogen-bond donors (Lipinski definition) is 2. The molecule has 6 rings (SSSR count). The highest BCUT2D eigenvalue weighted by molar-refractivity contribution is 6.07. The number of aliphatic hydroxyl groups excluding tert-OH is 1. The number of nitrogens with zero attached hydrogens (tertiary/aromatic N) is 5. The van der Waals surface area contributed by atoms with Crippen molar-refractivity contribution in [3.8, 4) is 11.1 Å². The van der Waals surface area contributed by atoms with Crippen molar-refractivity contribution >= 4 is 23.1 Å². The van der Waals surface area contributed by atoms with Gasteiger partial charge in [0.15, 0.2) is 0 Å². The Morgan fingerprint density at radius 3 is 2.58 bits per heavy atom. The summed E-state index contributed by atoms with van der Waals surface area (Å²) in [7, 11) is 3.67. The van der Waals surface area contributed by atoms with Gasteiger partial charge in [0, 0.05) is 61.9 Å². The number of pyridine rings is 2. The minimum atomic E-state index is -0.540. The lowest BCUT2D eigenvalue weighted by atomic mass is 9.90. The van der Waals surface area contributed by atoms with Crippen LogP contribution in [0.4, 0.5) is 21.6 Å². The van der Waals surface area contributed by atoms with E-state index in [9.17, 15) is 14.7 Å². The summed E-state index contributed by atoms with van der Waals surface area (Å²) in [5.41, 5.74) is 5.87. The summed E-state index contributed by atoms with van der Waals surface area (Å²) >= 11 is 0. The minimum absolute atomic E-state index is 0.169. The van der Waals surface area contributed by atoms with E-state index >= 15 is 4.39 Å². The highest BCUT2D eigenvalue weighted by Gasteiger charge is 2.37. The zero-order valence-electron chi connectivity index (χ0n) is 26.8. The molecule has 9 nitrogen and oxygen atoms in total. The number of anilines is 3. The number of halogens is 1. The van der Waals surface area contributed by atoms with Gasteiger partial charge in [-0.05, 0) is 86.2 Å². The molecule has 0 atom stereocenters. The number of nitrogens with one attached hydrogen (secondary N) is 1. The summed E-state index contributed by atoms with van der Waals surface area (Å²) in [5, 5.41) is 13.7. The van der Waals surface area contributed by atoms with Gasteiger partial charge in [0.25, 0.3) is 11.5 Å². The van der Waals surface area contributed by atoms with E-state index in [0.29, 0.717) is 53.0 Å². The molecule has 0 unspecified atom stereocenters. The molecule has 0 fully saturated rings. The molecule has 0 saturated carbocycles. The van der Waals surface area contributed by atoms with Gasteiger partial charge in [-0.3, -0.25) is 14.5 Å².